The van der Waals surface area contributed by atoms with Gasteiger partial charge in [0, 0.05) is 11.6 Å². The molecule has 2 aromatic carbocycles. The number of carboxylic acids is 1. The van der Waals surface area contributed by atoms with Gasteiger partial charge in [-0.3, -0.25) is 14.4 Å². The van der Waals surface area contributed by atoms with Crippen LogP contribution in [0.3, 0.4) is 0 Å². The number of hydrogen-bond donors (Lipinski definition) is 2. The molecule has 7 nitrogen and oxygen atoms in total. The van der Waals surface area contributed by atoms with Crippen molar-refractivity contribution in [2.45, 2.75) is 25.5 Å². The smallest absolute Gasteiger partial charge is 0.305 e. The van der Waals surface area contributed by atoms with Crippen LogP contribution in [0.4, 0.5) is 0 Å². The third kappa shape index (κ3) is 5.37. The number of carbonyl (C=O) groups excluding carboxylic acids is 2. The Hall–Kier alpha value is -2.90. The number of carboxylic acid groups (broad SMARTS) is 1. The Kier molecular flexibility index (Phi) is 7.07. The Labute approximate surface area is 179 Å². The van der Waals surface area contributed by atoms with Crippen molar-refractivity contribution in [3.8, 4) is 0 Å². The van der Waals surface area contributed by atoms with Crippen LogP contribution in [0, 0.1) is 6.92 Å². The number of nitrogens with one attached hydrogen (secondary N) is 1. The van der Waals surface area contributed by atoms with Gasteiger partial charge in [0.25, 0.3) is 0 Å². The Morgan fingerprint density at radius 1 is 1.13 bits per heavy atom. The molecule has 30 heavy (non-hydrogen) atoms. The lowest BCUT2D eigenvalue weighted by molar-refractivity contribution is -0.161. The Morgan fingerprint density at radius 3 is 2.40 bits per heavy atom. The molecule has 2 unspecified atom stereocenters. The van der Waals surface area contributed by atoms with E-state index >= 15 is 0 Å². The number of amides is 2. The minimum atomic E-state index is -1.00. The summed E-state index contributed by atoms with van der Waals surface area (Å²) in [7, 11) is 0. The number of rotatable bonds is 7. The molecule has 0 aromatic heterocycles. The van der Waals surface area contributed by atoms with E-state index in [9.17, 15) is 14.4 Å². The van der Waals surface area contributed by atoms with Crippen molar-refractivity contribution in [3.63, 3.8) is 0 Å². The molecule has 2 amide bonds. The lowest BCUT2D eigenvalue weighted by Crippen LogP contribution is -2.49. The van der Waals surface area contributed by atoms with Crippen LogP contribution >= 0.6 is 11.6 Å². The average Bonchev–Trinajstić information content (AvgIpc) is 2.71. The lowest BCUT2D eigenvalue weighted by atomic mass is 9.92. The molecule has 1 saturated heterocycles. The fraction of sp³-hybridized carbons (Fsp3) is 0.318. The largest absolute Gasteiger partial charge is 0.481 e. The molecule has 1 aliphatic heterocycles. The van der Waals surface area contributed by atoms with E-state index in [2.05, 4.69) is 5.32 Å². The number of nitrogens with zero attached hydrogens (tertiary/aromatic N) is 1. The quantitative estimate of drug-likeness (QED) is 0.704. The molecule has 0 bridgehead atoms. The van der Waals surface area contributed by atoms with Gasteiger partial charge in [0.1, 0.15) is 19.3 Å². The molecule has 158 valence electrons. The van der Waals surface area contributed by atoms with Gasteiger partial charge in [0.2, 0.25) is 11.8 Å². The van der Waals surface area contributed by atoms with E-state index in [0.717, 1.165) is 16.7 Å². The van der Waals surface area contributed by atoms with Gasteiger partial charge in [0.15, 0.2) is 0 Å². The maximum Gasteiger partial charge on any atom is 0.305 e. The number of morpholine rings is 1. The highest BCUT2D eigenvalue weighted by Gasteiger charge is 2.39. The van der Waals surface area contributed by atoms with Gasteiger partial charge in [-0.05, 0) is 30.2 Å². The molecule has 8 heteroatoms. The molecule has 1 fully saturated rings. The third-order valence-electron chi connectivity index (χ3n) is 4.92. The van der Waals surface area contributed by atoms with Gasteiger partial charge in [-0.1, -0.05) is 53.6 Å². The van der Waals surface area contributed by atoms with Crippen LogP contribution in [0.15, 0.2) is 48.5 Å². The van der Waals surface area contributed by atoms with Gasteiger partial charge >= 0.3 is 5.97 Å². The summed E-state index contributed by atoms with van der Waals surface area (Å²) in [4.78, 5) is 37.2. The summed E-state index contributed by atoms with van der Waals surface area (Å²) >= 11 is 6.03. The standard InChI is InChI=1S/C22H23ClN2O5/c1-14-2-4-16(5-3-14)22-21(15-6-8-17(23)9-7-15)25(19(27)13-30-22)12-18(26)24-11-10-20(28)29/h2-9,21-22H,10-13H2,1H3,(H,24,26)(H,28,29). The monoisotopic (exact) mass is 430 g/mol. The molecule has 3 rings (SSSR count). The molecule has 1 aliphatic rings. The van der Waals surface area contributed by atoms with Crippen LogP contribution in [-0.4, -0.2) is 47.5 Å². The summed E-state index contributed by atoms with van der Waals surface area (Å²) in [6.07, 6.45) is -0.647. The summed E-state index contributed by atoms with van der Waals surface area (Å²) in [6, 6.07) is 14.4. The Morgan fingerprint density at radius 2 is 1.77 bits per heavy atom. The molecule has 2 atom stereocenters. The number of aliphatic carboxylic acids is 1. The molecule has 2 aromatic rings. The van der Waals surface area contributed by atoms with Crippen molar-refractivity contribution < 1.29 is 24.2 Å². The number of hydrogen-bond acceptors (Lipinski definition) is 4. The summed E-state index contributed by atoms with van der Waals surface area (Å²) in [5.41, 5.74) is 2.78. The summed E-state index contributed by atoms with van der Waals surface area (Å²) < 4.78 is 5.90. The van der Waals surface area contributed by atoms with Gasteiger partial charge in [-0.15, -0.1) is 0 Å². The number of aryl methyl sites for hydroxylation is 1. The average molecular weight is 431 g/mol. The summed E-state index contributed by atoms with van der Waals surface area (Å²) in [5.74, 6) is -1.74. The van der Waals surface area contributed by atoms with Gasteiger partial charge < -0.3 is 20.1 Å². The topological polar surface area (TPSA) is 95.9 Å². The third-order valence-corrected chi connectivity index (χ3v) is 5.17. The van der Waals surface area contributed by atoms with Crippen LogP contribution in [0.5, 0.6) is 0 Å². The van der Waals surface area contributed by atoms with Crippen LogP contribution in [-0.2, 0) is 19.1 Å². The van der Waals surface area contributed by atoms with Crippen molar-refractivity contribution in [3.05, 3.63) is 70.2 Å². The first-order valence-electron chi connectivity index (χ1n) is 9.57. The Balaban J connectivity index is 1.89. The highest BCUT2D eigenvalue weighted by molar-refractivity contribution is 6.30. The van der Waals surface area contributed by atoms with E-state index in [1.807, 2.05) is 43.3 Å². The molecular weight excluding hydrogens is 408 g/mol. The second kappa shape index (κ2) is 9.73. The highest BCUT2D eigenvalue weighted by Crippen LogP contribution is 2.40. The second-order valence-corrected chi connectivity index (χ2v) is 7.59. The van der Waals surface area contributed by atoms with Crippen LogP contribution in [0.2, 0.25) is 5.02 Å². The fourth-order valence-electron chi connectivity index (χ4n) is 3.41. The molecule has 0 radical (unpaired) electrons. The maximum absolute atomic E-state index is 12.7. The van der Waals surface area contributed by atoms with Gasteiger partial charge in [-0.25, -0.2) is 0 Å². The molecule has 1 heterocycles. The van der Waals surface area contributed by atoms with Crippen LogP contribution in [0.25, 0.3) is 0 Å². The van der Waals surface area contributed by atoms with Gasteiger partial charge in [-0.2, -0.15) is 0 Å². The number of halogens is 1. The first-order valence-corrected chi connectivity index (χ1v) is 9.94. The molecule has 0 aliphatic carbocycles. The fourth-order valence-corrected chi connectivity index (χ4v) is 3.54. The van der Waals surface area contributed by atoms with Crippen LogP contribution < -0.4 is 5.32 Å². The van der Waals surface area contributed by atoms with Crippen molar-refractivity contribution in [1.82, 2.24) is 10.2 Å². The normalized spacial score (nSPS) is 18.9. The maximum atomic E-state index is 12.7. The van der Waals surface area contributed by atoms with Gasteiger partial charge in [0.05, 0.1) is 12.5 Å². The zero-order chi connectivity index (χ0) is 21.7. The first-order chi connectivity index (χ1) is 14.3. The highest BCUT2D eigenvalue weighted by atomic mass is 35.5. The summed E-state index contributed by atoms with van der Waals surface area (Å²) in [5, 5.41) is 11.9. The molecule has 2 N–H and O–H groups in total. The van der Waals surface area contributed by atoms with Crippen molar-refractivity contribution in [2.24, 2.45) is 0 Å². The second-order valence-electron chi connectivity index (χ2n) is 7.15. The first kappa shape index (κ1) is 21.8. The van der Waals surface area contributed by atoms with E-state index in [0.29, 0.717) is 5.02 Å². The zero-order valence-electron chi connectivity index (χ0n) is 16.5. The minimum absolute atomic E-state index is 0.000298. The van der Waals surface area contributed by atoms with E-state index in [-0.39, 0.29) is 32.0 Å². The van der Waals surface area contributed by atoms with E-state index < -0.39 is 24.0 Å². The molecule has 0 spiro atoms. The number of ether oxygens (including phenoxy) is 1. The predicted octanol–water partition coefficient (Wildman–Crippen LogP) is 2.88. The molecule has 0 saturated carbocycles. The number of carbonyl (C=O) groups is 3. The van der Waals surface area contributed by atoms with Crippen molar-refractivity contribution in [1.29, 1.82) is 0 Å². The lowest BCUT2D eigenvalue weighted by Gasteiger charge is -2.41. The minimum Gasteiger partial charge on any atom is -0.481 e. The zero-order valence-corrected chi connectivity index (χ0v) is 17.3. The summed E-state index contributed by atoms with van der Waals surface area (Å²) in [6.45, 7) is 1.64. The Bertz CT molecular complexity index is 914. The van der Waals surface area contributed by atoms with Crippen molar-refractivity contribution >= 4 is 29.4 Å². The van der Waals surface area contributed by atoms with E-state index in [4.69, 9.17) is 21.4 Å². The van der Waals surface area contributed by atoms with E-state index in [1.54, 1.807) is 12.1 Å². The number of benzene rings is 2. The van der Waals surface area contributed by atoms with E-state index in [1.165, 1.54) is 4.90 Å². The molecular formula is C22H23ClN2O5. The SMILES string of the molecule is Cc1ccc(C2OCC(=O)N(CC(=O)NCCC(=O)O)C2c2ccc(Cl)cc2)cc1. The van der Waals surface area contributed by atoms with Crippen molar-refractivity contribution in [2.75, 3.05) is 19.7 Å². The predicted molar refractivity (Wildman–Crippen MR) is 111 cm³/mol. The van der Waals surface area contributed by atoms with Crippen LogP contribution in [0.1, 0.15) is 35.3 Å².